The van der Waals surface area contributed by atoms with E-state index in [1.807, 2.05) is 0 Å². The Hall–Kier alpha value is -0.260. The molecule has 0 aromatic carbocycles. The molecule has 0 N–H and O–H groups in total. The molecule has 0 aliphatic heterocycles. The van der Waals surface area contributed by atoms with Crippen LogP contribution in [0.5, 0.6) is 0 Å². The van der Waals surface area contributed by atoms with Crippen LogP contribution in [-0.2, 0) is 0 Å². The fourth-order valence-corrected chi connectivity index (χ4v) is 4.82. The zero-order valence-corrected chi connectivity index (χ0v) is 16.0. The van der Waals surface area contributed by atoms with Crippen molar-refractivity contribution in [2.75, 3.05) is 0 Å². The number of hydrogen-bond acceptors (Lipinski definition) is 0. The molecule has 22 heavy (non-hydrogen) atoms. The molecule has 2 unspecified atom stereocenters. The number of rotatable bonds is 6. The molecule has 3 atom stereocenters. The van der Waals surface area contributed by atoms with Crippen LogP contribution >= 0.6 is 0 Å². The van der Waals surface area contributed by atoms with E-state index in [0.29, 0.717) is 10.8 Å². The average molecular weight is 305 g/mol. The number of hydrogen-bond donors (Lipinski definition) is 0. The van der Waals surface area contributed by atoms with Crippen molar-refractivity contribution in [2.24, 2.45) is 28.6 Å². The standard InChI is InChI=1S/C22H40/c1-6-8-18(2)11-12-19-9-7-10-20(19)17-22(5)15-13-21(3,4)14-16-22/h11-12,18-20H,6-10,13-17H2,1-5H3/b12-11+/t18?,19?,20-/m1/s1. The number of allylic oxidation sites excluding steroid dienone is 2. The lowest BCUT2D eigenvalue weighted by atomic mass is 9.62. The highest BCUT2D eigenvalue weighted by Crippen LogP contribution is 2.50. The van der Waals surface area contributed by atoms with Gasteiger partial charge in [-0.3, -0.25) is 0 Å². The fourth-order valence-electron chi connectivity index (χ4n) is 4.82. The normalized spacial score (nSPS) is 32.4. The lowest BCUT2D eigenvalue weighted by Gasteiger charge is -2.43. The third-order valence-corrected chi connectivity index (χ3v) is 6.71. The minimum Gasteiger partial charge on any atom is -0.0854 e. The Kier molecular flexibility index (Phi) is 6.20. The summed E-state index contributed by atoms with van der Waals surface area (Å²) in [6.45, 7) is 12.2. The van der Waals surface area contributed by atoms with E-state index < -0.39 is 0 Å². The van der Waals surface area contributed by atoms with Gasteiger partial charge in [0, 0.05) is 0 Å². The highest BCUT2D eigenvalue weighted by molar-refractivity contribution is 4.99. The molecule has 2 aliphatic rings. The van der Waals surface area contributed by atoms with Gasteiger partial charge in [-0.05, 0) is 80.0 Å². The molecule has 0 radical (unpaired) electrons. The van der Waals surface area contributed by atoms with Crippen LogP contribution < -0.4 is 0 Å². The van der Waals surface area contributed by atoms with Crippen LogP contribution in [0, 0.1) is 28.6 Å². The lowest BCUT2D eigenvalue weighted by molar-refractivity contribution is 0.0876. The second-order valence-corrected chi connectivity index (χ2v) is 9.68. The second kappa shape index (κ2) is 7.54. The summed E-state index contributed by atoms with van der Waals surface area (Å²) in [5, 5.41) is 0. The molecule has 0 saturated heterocycles. The summed E-state index contributed by atoms with van der Waals surface area (Å²) < 4.78 is 0. The Balaban J connectivity index is 1.88. The summed E-state index contributed by atoms with van der Waals surface area (Å²) in [4.78, 5) is 0. The second-order valence-electron chi connectivity index (χ2n) is 9.68. The quantitative estimate of drug-likeness (QED) is 0.449. The summed E-state index contributed by atoms with van der Waals surface area (Å²) in [6.07, 6.45) is 19.5. The molecular weight excluding hydrogens is 264 g/mol. The van der Waals surface area contributed by atoms with E-state index >= 15 is 0 Å². The topological polar surface area (TPSA) is 0 Å². The van der Waals surface area contributed by atoms with Gasteiger partial charge in [0.2, 0.25) is 0 Å². The van der Waals surface area contributed by atoms with Crippen LogP contribution in [0.3, 0.4) is 0 Å². The van der Waals surface area contributed by atoms with E-state index in [2.05, 4.69) is 46.8 Å². The van der Waals surface area contributed by atoms with Crippen molar-refractivity contribution < 1.29 is 0 Å². The predicted molar refractivity (Wildman–Crippen MR) is 99.0 cm³/mol. The Labute approximate surface area is 140 Å². The maximum atomic E-state index is 2.61. The average Bonchev–Trinajstić information content (AvgIpc) is 2.88. The van der Waals surface area contributed by atoms with Gasteiger partial charge < -0.3 is 0 Å². The summed E-state index contributed by atoms with van der Waals surface area (Å²) in [7, 11) is 0. The predicted octanol–water partition coefficient (Wildman–Crippen LogP) is 7.39. The SMILES string of the molecule is CCCC(C)/C=C/C1CCC[C@@H]1CC1(C)CCC(C)(C)CC1. The molecule has 0 heteroatoms. The van der Waals surface area contributed by atoms with Crippen LogP contribution in [0.25, 0.3) is 0 Å². The third-order valence-electron chi connectivity index (χ3n) is 6.71. The molecule has 0 heterocycles. The van der Waals surface area contributed by atoms with Crippen LogP contribution in [0.4, 0.5) is 0 Å². The summed E-state index contributed by atoms with van der Waals surface area (Å²) in [5.41, 5.74) is 1.23. The van der Waals surface area contributed by atoms with E-state index in [0.717, 1.165) is 17.8 Å². The third kappa shape index (κ3) is 5.14. The van der Waals surface area contributed by atoms with Crippen LogP contribution in [-0.4, -0.2) is 0 Å². The maximum absolute atomic E-state index is 2.61. The Morgan fingerprint density at radius 2 is 1.73 bits per heavy atom. The van der Waals surface area contributed by atoms with E-state index in [1.165, 1.54) is 64.2 Å². The van der Waals surface area contributed by atoms with E-state index in [1.54, 1.807) is 0 Å². The van der Waals surface area contributed by atoms with Gasteiger partial charge >= 0.3 is 0 Å². The monoisotopic (exact) mass is 304 g/mol. The Morgan fingerprint density at radius 1 is 1.05 bits per heavy atom. The van der Waals surface area contributed by atoms with Gasteiger partial charge in [0.15, 0.2) is 0 Å². The van der Waals surface area contributed by atoms with Crippen molar-refractivity contribution in [3.8, 4) is 0 Å². The molecule has 2 fully saturated rings. The Morgan fingerprint density at radius 3 is 2.36 bits per heavy atom. The first kappa shape index (κ1) is 18.1. The van der Waals surface area contributed by atoms with Crippen LogP contribution in [0.2, 0.25) is 0 Å². The first-order chi connectivity index (χ1) is 10.3. The molecule has 128 valence electrons. The van der Waals surface area contributed by atoms with Crippen LogP contribution in [0.15, 0.2) is 12.2 Å². The first-order valence-electron chi connectivity index (χ1n) is 10.0. The highest BCUT2D eigenvalue weighted by atomic mass is 14.4. The maximum Gasteiger partial charge on any atom is -0.0205 e. The van der Waals surface area contributed by atoms with Gasteiger partial charge in [0.25, 0.3) is 0 Å². The zero-order valence-electron chi connectivity index (χ0n) is 16.0. The van der Waals surface area contributed by atoms with Gasteiger partial charge in [-0.15, -0.1) is 0 Å². The molecule has 2 rings (SSSR count). The molecule has 2 saturated carbocycles. The largest absolute Gasteiger partial charge is 0.0854 e. The van der Waals surface area contributed by atoms with Crippen LogP contribution in [0.1, 0.15) is 98.8 Å². The summed E-state index contributed by atoms with van der Waals surface area (Å²) in [6, 6.07) is 0. The van der Waals surface area contributed by atoms with Gasteiger partial charge in [-0.25, -0.2) is 0 Å². The molecule has 0 nitrogen and oxygen atoms in total. The van der Waals surface area contributed by atoms with Gasteiger partial charge in [-0.2, -0.15) is 0 Å². The minimum atomic E-state index is 0.601. The van der Waals surface area contributed by atoms with E-state index in [4.69, 9.17) is 0 Å². The van der Waals surface area contributed by atoms with Gasteiger partial charge in [-0.1, -0.05) is 59.6 Å². The van der Waals surface area contributed by atoms with Gasteiger partial charge in [0.05, 0.1) is 0 Å². The van der Waals surface area contributed by atoms with Gasteiger partial charge in [0.1, 0.15) is 0 Å². The smallest absolute Gasteiger partial charge is 0.0205 e. The molecule has 0 amide bonds. The molecule has 0 aromatic heterocycles. The van der Waals surface area contributed by atoms with E-state index in [9.17, 15) is 0 Å². The summed E-state index contributed by atoms with van der Waals surface area (Å²) >= 11 is 0. The summed E-state index contributed by atoms with van der Waals surface area (Å²) in [5.74, 6) is 2.62. The zero-order chi connectivity index (χ0) is 16.2. The van der Waals surface area contributed by atoms with Crippen molar-refractivity contribution in [1.29, 1.82) is 0 Å². The van der Waals surface area contributed by atoms with Crippen molar-refractivity contribution in [2.45, 2.75) is 98.8 Å². The van der Waals surface area contributed by atoms with Crippen molar-refractivity contribution in [3.63, 3.8) is 0 Å². The van der Waals surface area contributed by atoms with E-state index in [-0.39, 0.29) is 0 Å². The molecule has 0 spiro atoms. The molecule has 0 aromatic rings. The van der Waals surface area contributed by atoms with Crippen molar-refractivity contribution >= 4 is 0 Å². The van der Waals surface area contributed by atoms with Crippen molar-refractivity contribution in [1.82, 2.24) is 0 Å². The lowest BCUT2D eigenvalue weighted by Crippen LogP contribution is -2.31. The molecular formula is C22H40. The Bertz CT molecular complexity index is 352. The van der Waals surface area contributed by atoms with Crippen molar-refractivity contribution in [3.05, 3.63) is 12.2 Å². The minimum absolute atomic E-state index is 0.601. The fraction of sp³-hybridized carbons (Fsp3) is 0.909. The molecule has 0 bridgehead atoms. The molecule has 2 aliphatic carbocycles. The highest BCUT2D eigenvalue weighted by Gasteiger charge is 2.38. The first-order valence-corrected chi connectivity index (χ1v) is 10.0.